The average molecular weight is 483 g/mol. The molecule has 2 aliphatic rings. The Morgan fingerprint density at radius 2 is 1.91 bits per heavy atom. The van der Waals surface area contributed by atoms with E-state index in [9.17, 15) is 9.59 Å². The van der Waals surface area contributed by atoms with Crippen LogP contribution in [0.25, 0.3) is 0 Å². The van der Waals surface area contributed by atoms with Crippen LogP contribution in [-0.4, -0.2) is 65.7 Å². The molecule has 2 amide bonds. The Labute approximate surface area is 205 Å². The lowest BCUT2D eigenvalue weighted by atomic mass is 9.92. The largest absolute Gasteiger partial charge is 0.458 e. The van der Waals surface area contributed by atoms with Crippen molar-refractivity contribution in [3.63, 3.8) is 0 Å². The lowest BCUT2D eigenvalue weighted by Gasteiger charge is -2.33. The Balaban J connectivity index is 1.50. The Morgan fingerprint density at radius 1 is 1.17 bits per heavy atom. The van der Waals surface area contributed by atoms with Gasteiger partial charge in [0.1, 0.15) is 23.3 Å². The quantitative estimate of drug-likeness (QED) is 0.557. The van der Waals surface area contributed by atoms with Gasteiger partial charge in [0.25, 0.3) is 11.8 Å². The van der Waals surface area contributed by atoms with E-state index in [1.807, 2.05) is 26.0 Å². The molecule has 4 rings (SSSR count). The van der Waals surface area contributed by atoms with Gasteiger partial charge in [-0.2, -0.15) is 9.97 Å². The molecule has 2 aromatic rings. The number of rotatable bonds is 9. The van der Waals surface area contributed by atoms with Crippen molar-refractivity contribution in [2.75, 3.05) is 31.7 Å². The van der Waals surface area contributed by atoms with Crippen LogP contribution in [0.2, 0.25) is 0 Å². The molecule has 35 heavy (non-hydrogen) atoms. The van der Waals surface area contributed by atoms with Crippen molar-refractivity contribution >= 4 is 17.6 Å². The number of piperidine rings is 1. The number of aryl methyl sites for hydroxylation is 1. The van der Waals surface area contributed by atoms with Crippen molar-refractivity contribution < 1.29 is 19.1 Å². The van der Waals surface area contributed by atoms with Gasteiger partial charge >= 0.3 is 6.01 Å². The minimum Gasteiger partial charge on any atom is -0.458 e. The van der Waals surface area contributed by atoms with Crippen LogP contribution in [0.4, 0.5) is 5.82 Å². The second kappa shape index (κ2) is 11.0. The minimum atomic E-state index is -0.509. The Bertz CT molecular complexity index is 1070. The van der Waals surface area contributed by atoms with E-state index < -0.39 is 5.91 Å². The van der Waals surface area contributed by atoms with Crippen LogP contribution >= 0.6 is 0 Å². The van der Waals surface area contributed by atoms with Gasteiger partial charge in [-0.1, -0.05) is 6.07 Å². The maximum absolute atomic E-state index is 12.9. The van der Waals surface area contributed by atoms with Crippen LogP contribution in [-0.2, 0) is 4.74 Å². The number of amides is 2. The van der Waals surface area contributed by atoms with Gasteiger partial charge in [0.05, 0.1) is 6.61 Å². The number of anilines is 1. The maximum Gasteiger partial charge on any atom is 0.319 e. The van der Waals surface area contributed by atoms with E-state index in [0.29, 0.717) is 23.8 Å². The predicted octanol–water partition coefficient (Wildman–Crippen LogP) is 2.36. The minimum absolute atomic E-state index is 0.166. The van der Waals surface area contributed by atoms with Gasteiger partial charge in [0.2, 0.25) is 0 Å². The van der Waals surface area contributed by atoms with Gasteiger partial charge in [0, 0.05) is 43.9 Å². The highest BCUT2D eigenvalue weighted by atomic mass is 16.5. The summed E-state index contributed by atoms with van der Waals surface area (Å²) in [6.07, 6.45) is 4.53. The molecule has 2 fully saturated rings. The van der Waals surface area contributed by atoms with E-state index in [1.54, 1.807) is 13.2 Å². The Morgan fingerprint density at radius 3 is 2.54 bits per heavy atom. The summed E-state index contributed by atoms with van der Waals surface area (Å²) in [6, 6.07) is 5.98. The van der Waals surface area contributed by atoms with E-state index in [1.165, 1.54) is 0 Å². The molecule has 0 bridgehead atoms. The van der Waals surface area contributed by atoms with E-state index in [4.69, 9.17) is 15.2 Å². The maximum atomic E-state index is 12.9. The van der Waals surface area contributed by atoms with Crippen LogP contribution in [0.1, 0.15) is 77.2 Å². The Hall–Kier alpha value is -3.27. The summed E-state index contributed by atoms with van der Waals surface area (Å²) in [7, 11) is 1.61. The van der Waals surface area contributed by atoms with Crippen molar-refractivity contribution in [3.05, 3.63) is 40.8 Å². The topological polar surface area (TPSA) is 133 Å². The van der Waals surface area contributed by atoms with Gasteiger partial charge in [-0.3, -0.25) is 9.59 Å². The molecule has 2 aromatic heterocycles. The number of methoxy groups -OCH3 is 1. The molecule has 10 nitrogen and oxygen atoms in total. The van der Waals surface area contributed by atoms with Gasteiger partial charge in [-0.05, 0) is 57.6 Å². The molecule has 0 unspecified atom stereocenters. The van der Waals surface area contributed by atoms with Crippen molar-refractivity contribution in [1.82, 2.24) is 20.3 Å². The number of hydrogen-bond acceptors (Lipinski definition) is 8. The zero-order chi connectivity index (χ0) is 24.9. The SMILES string of the molecule is COC[C@@H](C)Oc1nc(C(=O)NC2CCC2)cc(N2CCC(c3ccc(C)c(C(N)=O)n3)CC2)n1. The van der Waals surface area contributed by atoms with E-state index in [0.717, 1.165) is 56.5 Å². The number of pyridine rings is 1. The first-order valence-corrected chi connectivity index (χ1v) is 12.2. The number of nitrogens with two attached hydrogens (primary N) is 1. The fraction of sp³-hybridized carbons (Fsp3) is 0.560. The van der Waals surface area contributed by atoms with E-state index in [-0.39, 0.29) is 30.0 Å². The summed E-state index contributed by atoms with van der Waals surface area (Å²) in [4.78, 5) is 40.2. The van der Waals surface area contributed by atoms with Crippen molar-refractivity contribution in [2.24, 2.45) is 5.73 Å². The first-order valence-electron chi connectivity index (χ1n) is 12.2. The summed E-state index contributed by atoms with van der Waals surface area (Å²) >= 11 is 0. The van der Waals surface area contributed by atoms with Crippen LogP contribution in [0.5, 0.6) is 6.01 Å². The van der Waals surface area contributed by atoms with E-state index in [2.05, 4.69) is 25.2 Å². The summed E-state index contributed by atoms with van der Waals surface area (Å²) in [5.74, 6) is 0.156. The van der Waals surface area contributed by atoms with E-state index >= 15 is 0 Å². The highest BCUT2D eigenvalue weighted by molar-refractivity contribution is 5.93. The molecule has 3 N–H and O–H groups in total. The molecule has 188 valence electrons. The Kier molecular flexibility index (Phi) is 7.80. The number of carbonyl (C=O) groups is 2. The molecule has 10 heteroatoms. The number of hydrogen-bond donors (Lipinski definition) is 2. The van der Waals surface area contributed by atoms with Crippen LogP contribution in [0.3, 0.4) is 0 Å². The van der Waals surface area contributed by atoms with Crippen LogP contribution in [0, 0.1) is 6.92 Å². The van der Waals surface area contributed by atoms with Crippen molar-refractivity contribution in [2.45, 2.75) is 64.0 Å². The van der Waals surface area contributed by atoms with Gasteiger partial charge < -0.3 is 25.4 Å². The summed E-state index contributed by atoms with van der Waals surface area (Å²) < 4.78 is 11.0. The molecule has 0 spiro atoms. The summed E-state index contributed by atoms with van der Waals surface area (Å²) in [5, 5.41) is 3.04. The van der Waals surface area contributed by atoms with Gasteiger partial charge in [-0.25, -0.2) is 4.98 Å². The second-order valence-electron chi connectivity index (χ2n) is 9.41. The van der Waals surface area contributed by atoms with Crippen molar-refractivity contribution in [1.29, 1.82) is 0 Å². The molecule has 1 saturated heterocycles. The summed E-state index contributed by atoms with van der Waals surface area (Å²) in [5.41, 5.74) is 7.77. The molecular weight excluding hydrogens is 448 g/mol. The highest BCUT2D eigenvalue weighted by Crippen LogP contribution is 2.30. The molecular formula is C25H34N6O4. The molecule has 1 aliphatic carbocycles. The molecule has 1 atom stereocenters. The number of aromatic nitrogens is 3. The number of nitrogens with one attached hydrogen (secondary N) is 1. The highest BCUT2D eigenvalue weighted by Gasteiger charge is 2.26. The van der Waals surface area contributed by atoms with Crippen molar-refractivity contribution in [3.8, 4) is 6.01 Å². The smallest absolute Gasteiger partial charge is 0.319 e. The zero-order valence-electron chi connectivity index (χ0n) is 20.6. The molecule has 1 saturated carbocycles. The number of primary amides is 1. The summed E-state index contributed by atoms with van der Waals surface area (Å²) in [6.45, 7) is 5.54. The fourth-order valence-electron chi connectivity index (χ4n) is 4.43. The third-order valence-corrected chi connectivity index (χ3v) is 6.66. The molecule has 0 aromatic carbocycles. The monoisotopic (exact) mass is 482 g/mol. The predicted molar refractivity (Wildman–Crippen MR) is 131 cm³/mol. The lowest BCUT2D eigenvalue weighted by molar-refractivity contribution is 0.0837. The van der Waals surface area contributed by atoms with Gasteiger partial charge in [0.15, 0.2) is 0 Å². The van der Waals surface area contributed by atoms with Crippen LogP contribution < -0.4 is 20.7 Å². The number of carbonyl (C=O) groups excluding carboxylic acids is 2. The first kappa shape index (κ1) is 24.8. The third kappa shape index (κ3) is 6.05. The second-order valence-corrected chi connectivity index (χ2v) is 9.41. The normalized spacial score (nSPS) is 17.5. The number of ether oxygens (including phenoxy) is 2. The average Bonchev–Trinajstić information content (AvgIpc) is 2.81. The zero-order valence-corrected chi connectivity index (χ0v) is 20.6. The molecule has 3 heterocycles. The van der Waals surface area contributed by atoms with Gasteiger partial charge in [-0.15, -0.1) is 0 Å². The number of nitrogens with zero attached hydrogens (tertiary/aromatic N) is 4. The molecule has 0 radical (unpaired) electrons. The molecule has 1 aliphatic heterocycles. The fourth-order valence-corrected chi connectivity index (χ4v) is 4.43. The first-order chi connectivity index (χ1) is 16.8. The lowest BCUT2D eigenvalue weighted by Crippen LogP contribution is -2.40. The standard InChI is InChI=1S/C25H34N6O4/c1-15-7-8-19(28-22(15)23(26)32)17-9-11-31(12-10-17)21-13-20(24(33)27-18-5-4-6-18)29-25(30-21)35-16(2)14-34-3/h7-8,13,16-18H,4-6,9-12,14H2,1-3H3,(H2,26,32)(H,27,33)/t16-/m1/s1. The van der Waals surface area contributed by atoms with Crippen LogP contribution in [0.15, 0.2) is 18.2 Å². The third-order valence-electron chi connectivity index (χ3n) is 6.66.